The third-order valence-electron chi connectivity index (χ3n) is 4.69. The molecular weight excluding hydrogens is 258 g/mol. The number of likely N-dealkylation sites (tertiary alicyclic amines) is 1. The lowest BCUT2D eigenvalue weighted by Gasteiger charge is -2.20. The molecule has 1 aliphatic heterocycles. The molecule has 0 bridgehead atoms. The summed E-state index contributed by atoms with van der Waals surface area (Å²) in [5.74, 6) is 1.15. The van der Waals surface area contributed by atoms with Gasteiger partial charge in [0.05, 0.1) is 6.54 Å². The average Bonchev–Trinajstić information content (AvgIpc) is 2.65. The van der Waals surface area contributed by atoms with E-state index < -0.39 is 0 Å². The minimum atomic E-state index is 0.279. The molecule has 0 aliphatic carbocycles. The van der Waals surface area contributed by atoms with Crippen molar-refractivity contribution < 1.29 is 4.79 Å². The molecule has 1 aromatic rings. The number of benzene rings is 1. The normalized spacial score (nSPS) is 20.2. The molecule has 1 aliphatic rings. The summed E-state index contributed by atoms with van der Waals surface area (Å²) in [7, 11) is 0. The Balaban J connectivity index is 1.93. The van der Waals surface area contributed by atoms with Gasteiger partial charge >= 0.3 is 0 Å². The molecule has 116 valence electrons. The van der Waals surface area contributed by atoms with Crippen molar-refractivity contribution in [1.82, 2.24) is 4.90 Å². The number of hydrogen-bond acceptors (Lipinski definition) is 2. The molecule has 2 heteroatoms. The van der Waals surface area contributed by atoms with E-state index in [1.54, 1.807) is 0 Å². The zero-order valence-electron chi connectivity index (χ0n) is 13.8. The minimum absolute atomic E-state index is 0.279. The summed E-state index contributed by atoms with van der Waals surface area (Å²) in [4.78, 5) is 14.9. The molecule has 1 atom stereocenters. The van der Waals surface area contributed by atoms with Crippen LogP contribution in [0.15, 0.2) is 18.2 Å². The van der Waals surface area contributed by atoms with Gasteiger partial charge in [0.25, 0.3) is 0 Å². The van der Waals surface area contributed by atoms with Crippen LogP contribution in [0.5, 0.6) is 0 Å². The van der Waals surface area contributed by atoms with Gasteiger partial charge in [-0.2, -0.15) is 0 Å². The number of carbonyl (C=O) groups excluding carboxylic acids is 1. The van der Waals surface area contributed by atoms with Crippen molar-refractivity contribution in [2.75, 3.05) is 19.6 Å². The summed E-state index contributed by atoms with van der Waals surface area (Å²) in [6.07, 6.45) is 6.46. The first-order chi connectivity index (χ1) is 10.1. The monoisotopic (exact) mass is 287 g/mol. The van der Waals surface area contributed by atoms with Crippen LogP contribution in [0.25, 0.3) is 0 Å². The molecular formula is C19H29NO. The molecule has 1 fully saturated rings. The van der Waals surface area contributed by atoms with Crippen molar-refractivity contribution in [3.05, 3.63) is 34.9 Å². The smallest absolute Gasteiger partial charge is 0.177 e. The highest BCUT2D eigenvalue weighted by atomic mass is 16.1. The molecule has 2 rings (SSSR count). The van der Waals surface area contributed by atoms with Crippen LogP contribution >= 0.6 is 0 Å². The van der Waals surface area contributed by atoms with Gasteiger partial charge in [0.2, 0.25) is 0 Å². The molecule has 1 unspecified atom stereocenters. The zero-order valence-corrected chi connectivity index (χ0v) is 13.8. The Bertz CT molecular complexity index is 480. The van der Waals surface area contributed by atoms with Crippen LogP contribution in [-0.4, -0.2) is 30.3 Å². The summed E-state index contributed by atoms with van der Waals surface area (Å²) in [5, 5.41) is 0. The molecule has 0 saturated carbocycles. The number of rotatable bonds is 5. The lowest BCUT2D eigenvalue weighted by Crippen LogP contribution is -2.31. The van der Waals surface area contributed by atoms with Crippen molar-refractivity contribution in [3.63, 3.8) is 0 Å². The van der Waals surface area contributed by atoms with Gasteiger partial charge in [0.1, 0.15) is 0 Å². The Labute approximate surface area is 129 Å². The lowest BCUT2D eigenvalue weighted by atomic mass is 9.96. The van der Waals surface area contributed by atoms with E-state index in [1.165, 1.54) is 37.7 Å². The van der Waals surface area contributed by atoms with Gasteiger partial charge in [0, 0.05) is 5.56 Å². The lowest BCUT2D eigenvalue weighted by molar-refractivity contribution is 0.0931. The van der Waals surface area contributed by atoms with E-state index in [0.29, 0.717) is 6.54 Å². The molecule has 1 heterocycles. The first-order valence-electron chi connectivity index (χ1n) is 8.43. The standard InChI is InChI=1S/C19H29NO/c1-4-6-17-7-5-11-20(12-10-17)14-19(21)18-9-8-15(2)13-16(18)3/h8-9,13,17H,4-7,10-12,14H2,1-3H3. The number of nitrogens with zero attached hydrogens (tertiary/aromatic N) is 1. The Kier molecular flexibility index (Phi) is 5.98. The first-order valence-corrected chi connectivity index (χ1v) is 8.43. The quantitative estimate of drug-likeness (QED) is 0.749. The number of carbonyl (C=O) groups is 1. The van der Waals surface area contributed by atoms with Crippen LogP contribution in [0.2, 0.25) is 0 Å². The van der Waals surface area contributed by atoms with Gasteiger partial charge in [-0.25, -0.2) is 0 Å². The predicted octanol–water partition coefficient (Wildman–Crippen LogP) is 4.39. The summed E-state index contributed by atoms with van der Waals surface area (Å²) < 4.78 is 0. The largest absolute Gasteiger partial charge is 0.296 e. The highest BCUT2D eigenvalue weighted by Crippen LogP contribution is 2.22. The second kappa shape index (κ2) is 7.74. The maximum absolute atomic E-state index is 12.5. The second-order valence-corrected chi connectivity index (χ2v) is 6.60. The number of ketones is 1. The minimum Gasteiger partial charge on any atom is -0.296 e. The third-order valence-corrected chi connectivity index (χ3v) is 4.69. The van der Waals surface area contributed by atoms with E-state index in [0.717, 1.165) is 30.1 Å². The van der Waals surface area contributed by atoms with E-state index in [2.05, 4.69) is 24.8 Å². The Morgan fingerprint density at radius 2 is 2.05 bits per heavy atom. The summed E-state index contributed by atoms with van der Waals surface area (Å²) >= 11 is 0. The molecule has 0 spiro atoms. The van der Waals surface area contributed by atoms with Gasteiger partial charge in [-0.1, -0.05) is 43.5 Å². The number of hydrogen-bond donors (Lipinski definition) is 0. The molecule has 21 heavy (non-hydrogen) atoms. The Morgan fingerprint density at radius 1 is 1.24 bits per heavy atom. The van der Waals surface area contributed by atoms with Crippen LogP contribution < -0.4 is 0 Å². The predicted molar refractivity (Wildman–Crippen MR) is 88.9 cm³/mol. The van der Waals surface area contributed by atoms with Crippen molar-refractivity contribution in [3.8, 4) is 0 Å². The van der Waals surface area contributed by atoms with Gasteiger partial charge < -0.3 is 0 Å². The van der Waals surface area contributed by atoms with Gasteiger partial charge in [-0.3, -0.25) is 9.69 Å². The zero-order chi connectivity index (χ0) is 15.2. The Morgan fingerprint density at radius 3 is 2.76 bits per heavy atom. The molecule has 1 saturated heterocycles. The van der Waals surface area contributed by atoms with Gasteiger partial charge in [0.15, 0.2) is 5.78 Å². The van der Waals surface area contributed by atoms with Gasteiger partial charge in [-0.05, 0) is 57.7 Å². The van der Waals surface area contributed by atoms with E-state index in [4.69, 9.17) is 0 Å². The molecule has 0 aromatic heterocycles. The van der Waals surface area contributed by atoms with Crippen LogP contribution in [0.1, 0.15) is 60.5 Å². The molecule has 0 radical (unpaired) electrons. The van der Waals surface area contributed by atoms with Crippen molar-refractivity contribution >= 4 is 5.78 Å². The average molecular weight is 287 g/mol. The molecule has 0 amide bonds. The fraction of sp³-hybridized carbons (Fsp3) is 0.632. The highest BCUT2D eigenvalue weighted by Gasteiger charge is 2.19. The maximum atomic E-state index is 12.5. The van der Waals surface area contributed by atoms with Crippen molar-refractivity contribution in [1.29, 1.82) is 0 Å². The fourth-order valence-corrected chi connectivity index (χ4v) is 3.49. The van der Waals surface area contributed by atoms with E-state index in [9.17, 15) is 4.79 Å². The first kappa shape index (κ1) is 16.2. The summed E-state index contributed by atoms with van der Waals surface area (Å²) in [5.41, 5.74) is 3.23. The van der Waals surface area contributed by atoms with Crippen molar-refractivity contribution in [2.24, 2.45) is 5.92 Å². The van der Waals surface area contributed by atoms with E-state index in [1.807, 2.05) is 19.1 Å². The molecule has 2 nitrogen and oxygen atoms in total. The molecule has 1 aromatic carbocycles. The van der Waals surface area contributed by atoms with Crippen molar-refractivity contribution in [2.45, 2.75) is 52.9 Å². The van der Waals surface area contributed by atoms with E-state index >= 15 is 0 Å². The third kappa shape index (κ3) is 4.67. The van der Waals surface area contributed by atoms with Crippen LogP contribution in [-0.2, 0) is 0 Å². The van der Waals surface area contributed by atoms with Crippen LogP contribution in [0.3, 0.4) is 0 Å². The van der Waals surface area contributed by atoms with Gasteiger partial charge in [-0.15, -0.1) is 0 Å². The summed E-state index contributed by atoms with van der Waals surface area (Å²) in [6, 6.07) is 6.14. The highest BCUT2D eigenvalue weighted by molar-refractivity contribution is 5.98. The number of aryl methyl sites for hydroxylation is 2. The molecule has 0 N–H and O–H groups in total. The van der Waals surface area contributed by atoms with Crippen LogP contribution in [0, 0.1) is 19.8 Å². The maximum Gasteiger partial charge on any atom is 0.177 e. The number of Topliss-reactive ketones (excluding diaryl/α,β-unsaturated/α-hetero) is 1. The second-order valence-electron chi connectivity index (χ2n) is 6.60. The van der Waals surface area contributed by atoms with Crippen LogP contribution in [0.4, 0.5) is 0 Å². The topological polar surface area (TPSA) is 20.3 Å². The fourth-order valence-electron chi connectivity index (χ4n) is 3.49. The Hall–Kier alpha value is -1.15. The van der Waals surface area contributed by atoms with E-state index in [-0.39, 0.29) is 5.78 Å². The SMILES string of the molecule is CCCC1CCCN(CC(=O)c2ccc(C)cc2C)CC1. The summed E-state index contributed by atoms with van der Waals surface area (Å²) in [6.45, 7) is 9.14.